The Hall–Kier alpha value is -0.0800. The molecule has 0 bridgehead atoms. The lowest BCUT2D eigenvalue weighted by molar-refractivity contribution is 0.0340. The van der Waals surface area contributed by atoms with Crippen LogP contribution < -0.4 is 5.32 Å². The van der Waals surface area contributed by atoms with E-state index in [1.165, 1.54) is 32.1 Å². The van der Waals surface area contributed by atoms with Crippen molar-refractivity contribution in [2.24, 2.45) is 5.92 Å². The van der Waals surface area contributed by atoms with E-state index in [4.69, 9.17) is 0 Å². The standard InChI is InChI=1S/C11H23NO/c1-11(2,3)12-10(13)9-7-5-4-6-8-9/h9-10,12-13H,4-8H2,1-3H3. The van der Waals surface area contributed by atoms with Crippen LogP contribution in [0.5, 0.6) is 0 Å². The van der Waals surface area contributed by atoms with Crippen molar-refractivity contribution in [3.8, 4) is 0 Å². The third-order valence-corrected chi connectivity index (χ3v) is 2.68. The van der Waals surface area contributed by atoms with Gasteiger partial charge < -0.3 is 5.11 Å². The molecular formula is C11H23NO. The monoisotopic (exact) mass is 185 g/mol. The molecule has 1 saturated carbocycles. The van der Waals surface area contributed by atoms with Gasteiger partial charge in [-0.2, -0.15) is 0 Å². The zero-order valence-electron chi connectivity index (χ0n) is 9.14. The van der Waals surface area contributed by atoms with Gasteiger partial charge in [-0.25, -0.2) is 0 Å². The Bertz CT molecular complexity index is 145. The van der Waals surface area contributed by atoms with E-state index in [-0.39, 0.29) is 11.8 Å². The van der Waals surface area contributed by atoms with Crippen molar-refractivity contribution in [3.05, 3.63) is 0 Å². The Morgan fingerprint density at radius 3 is 2.15 bits per heavy atom. The fraction of sp³-hybridized carbons (Fsp3) is 1.00. The van der Waals surface area contributed by atoms with Gasteiger partial charge in [0.15, 0.2) is 0 Å². The molecule has 2 nitrogen and oxygen atoms in total. The fourth-order valence-electron chi connectivity index (χ4n) is 2.01. The summed E-state index contributed by atoms with van der Waals surface area (Å²) < 4.78 is 0. The highest BCUT2D eigenvalue weighted by atomic mass is 16.3. The van der Waals surface area contributed by atoms with Gasteiger partial charge >= 0.3 is 0 Å². The van der Waals surface area contributed by atoms with Crippen LogP contribution in [-0.2, 0) is 0 Å². The van der Waals surface area contributed by atoms with Gasteiger partial charge in [0.25, 0.3) is 0 Å². The van der Waals surface area contributed by atoms with E-state index in [0.717, 1.165) is 0 Å². The van der Waals surface area contributed by atoms with Crippen molar-refractivity contribution in [1.82, 2.24) is 5.32 Å². The van der Waals surface area contributed by atoms with Gasteiger partial charge in [-0.05, 0) is 39.5 Å². The summed E-state index contributed by atoms with van der Waals surface area (Å²) in [6, 6.07) is 0. The van der Waals surface area contributed by atoms with Gasteiger partial charge in [-0.15, -0.1) is 0 Å². The molecule has 78 valence electrons. The quantitative estimate of drug-likeness (QED) is 0.647. The average molecular weight is 185 g/mol. The smallest absolute Gasteiger partial charge is 0.108 e. The first-order valence-electron chi connectivity index (χ1n) is 5.45. The molecule has 1 unspecified atom stereocenters. The molecule has 1 fully saturated rings. The number of hydrogen-bond donors (Lipinski definition) is 2. The molecule has 0 amide bonds. The number of hydrogen-bond acceptors (Lipinski definition) is 2. The predicted octanol–water partition coefficient (Wildman–Crippen LogP) is 2.27. The van der Waals surface area contributed by atoms with Crippen LogP contribution in [0, 0.1) is 5.92 Å². The summed E-state index contributed by atoms with van der Waals surface area (Å²) in [5, 5.41) is 13.1. The zero-order chi connectivity index (χ0) is 9.90. The minimum absolute atomic E-state index is 0.0247. The Kier molecular flexibility index (Phi) is 3.74. The number of rotatable bonds is 2. The number of nitrogens with one attached hydrogen (secondary N) is 1. The van der Waals surface area contributed by atoms with Crippen molar-refractivity contribution in [1.29, 1.82) is 0 Å². The Labute approximate surface area is 81.7 Å². The summed E-state index contributed by atoms with van der Waals surface area (Å²) in [7, 11) is 0. The van der Waals surface area contributed by atoms with E-state index in [2.05, 4.69) is 26.1 Å². The molecule has 13 heavy (non-hydrogen) atoms. The normalized spacial score (nSPS) is 23.1. The first-order valence-corrected chi connectivity index (χ1v) is 5.45. The van der Waals surface area contributed by atoms with Crippen molar-refractivity contribution in [2.45, 2.75) is 64.6 Å². The fourth-order valence-corrected chi connectivity index (χ4v) is 2.01. The minimum Gasteiger partial charge on any atom is -0.378 e. The van der Waals surface area contributed by atoms with Gasteiger partial charge in [-0.3, -0.25) is 5.32 Å². The molecule has 0 saturated heterocycles. The van der Waals surface area contributed by atoms with Crippen LogP contribution in [0.4, 0.5) is 0 Å². The maximum Gasteiger partial charge on any atom is 0.108 e. The van der Waals surface area contributed by atoms with Gasteiger partial charge in [-0.1, -0.05) is 19.3 Å². The second kappa shape index (κ2) is 4.43. The summed E-state index contributed by atoms with van der Waals surface area (Å²) >= 11 is 0. The Balaban J connectivity index is 2.33. The Morgan fingerprint density at radius 1 is 1.15 bits per heavy atom. The van der Waals surface area contributed by atoms with Crippen molar-refractivity contribution >= 4 is 0 Å². The SMILES string of the molecule is CC(C)(C)NC(O)C1CCCCC1. The minimum atomic E-state index is -0.305. The van der Waals surface area contributed by atoms with Crippen molar-refractivity contribution in [3.63, 3.8) is 0 Å². The lowest BCUT2D eigenvalue weighted by atomic mass is 9.87. The summed E-state index contributed by atoms with van der Waals surface area (Å²) in [6.07, 6.45) is 5.98. The lowest BCUT2D eigenvalue weighted by Gasteiger charge is -2.32. The predicted molar refractivity (Wildman–Crippen MR) is 55.5 cm³/mol. The second-order valence-corrected chi connectivity index (χ2v) is 5.24. The first-order chi connectivity index (χ1) is 5.99. The highest BCUT2D eigenvalue weighted by Gasteiger charge is 2.24. The topological polar surface area (TPSA) is 32.3 Å². The summed E-state index contributed by atoms with van der Waals surface area (Å²) in [5.74, 6) is 0.480. The van der Waals surface area contributed by atoms with Crippen LogP contribution in [-0.4, -0.2) is 16.9 Å². The van der Waals surface area contributed by atoms with Gasteiger partial charge in [0.05, 0.1) is 0 Å². The number of aliphatic hydroxyl groups excluding tert-OH is 1. The van der Waals surface area contributed by atoms with Crippen LogP contribution in [0.25, 0.3) is 0 Å². The van der Waals surface area contributed by atoms with Gasteiger partial charge in [0.1, 0.15) is 6.23 Å². The summed E-state index contributed by atoms with van der Waals surface area (Å²) in [6.45, 7) is 6.29. The Morgan fingerprint density at radius 2 is 1.69 bits per heavy atom. The lowest BCUT2D eigenvalue weighted by Crippen LogP contribution is -2.47. The maximum atomic E-state index is 9.90. The molecule has 2 heteroatoms. The van der Waals surface area contributed by atoms with Gasteiger partial charge in [0, 0.05) is 5.54 Å². The van der Waals surface area contributed by atoms with E-state index in [0.29, 0.717) is 5.92 Å². The summed E-state index contributed by atoms with van der Waals surface area (Å²) in [4.78, 5) is 0. The molecule has 0 aromatic carbocycles. The average Bonchev–Trinajstić information content (AvgIpc) is 2.03. The first kappa shape index (κ1) is 11.0. The van der Waals surface area contributed by atoms with Crippen molar-refractivity contribution in [2.75, 3.05) is 0 Å². The van der Waals surface area contributed by atoms with E-state index in [9.17, 15) is 5.11 Å². The largest absolute Gasteiger partial charge is 0.378 e. The van der Waals surface area contributed by atoms with Crippen LogP contribution in [0.1, 0.15) is 52.9 Å². The van der Waals surface area contributed by atoms with Gasteiger partial charge in [0.2, 0.25) is 0 Å². The van der Waals surface area contributed by atoms with Crippen LogP contribution in [0.3, 0.4) is 0 Å². The maximum absolute atomic E-state index is 9.90. The molecule has 0 spiro atoms. The van der Waals surface area contributed by atoms with E-state index in [1.54, 1.807) is 0 Å². The molecule has 0 heterocycles. The molecule has 0 aromatic rings. The molecule has 1 rings (SSSR count). The highest BCUT2D eigenvalue weighted by molar-refractivity contribution is 4.78. The third-order valence-electron chi connectivity index (χ3n) is 2.68. The van der Waals surface area contributed by atoms with Crippen molar-refractivity contribution < 1.29 is 5.11 Å². The third kappa shape index (κ3) is 4.10. The molecule has 1 atom stereocenters. The summed E-state index contributed by atoms with van der Waals surface area (Å²) in [5.41, 5.74) is 0.0247. The molecule has 2 N–H and O–H groups in total. The molecule has 0 aliphatic heterocycles. The van der Waals surface area contributed by atoms with E-state index >= 15 is 0 Å². The molecule has 0 aromatic heterocycles. The van der Waals surface area contributed by atoms with E-state index in [1.807, 2.05) is 0 Å². The molecule has 1 aliphatic carbocycles. The highest BCUT2D eigenvalue weighted by Crippen LogP contribution is 2.26. The molecule has 0 radical (unpaired) electrons. The van der Waals surface area contributed by atoms with Crippen LogP contribution >= 0.6 is 0 Å². The second-order valence-electron chi connectivity index (χ2n) is 5.24. The van der Waals surface area contributed by atoms with E-state index < -0.39 is 0 Å². The zero-order valence-corrected chi connectivity index (χ0v) is 9.14. The molecular weight excluding hydrogens is 162 g/mol. The number of aliphatic hydroxyl groups is 1. The van der Waals surface area contributed by atoms with Crippen LogP contribution in [0.2, 0.25) is 0 Å². The molecule has 1 aliphatic rings. The van der Waals surface area contributed by atoms with Crippen LogP contribution in [0.15, 0.2) is 0 Å².